The van der Waals surface area contributed by atoms with E-state index >= 15 is 0 Å². The third-order valence-corrected chi connectivity index (χ3v) is 4.82. The van der Waals surface area contributed by atoms with E-state index in [0.29, 0.717) is 11.1 Å². The topological polar surface area (TPSA) is 42.2 Å². The number of nitrogens with one attached hydrogen (secondary N) is 1. The zero-order valence-corrected chi connectivity index (χ0v) is 18.7. The van der Waals surface area contributed by atoms with Crippen LogP contribution in [-0.2, 0) is 6.54 Å². The molecule has 0 radical (unpaired) electrons. The molecule has 0 saturated heterocycles. The first kappa shape index (κ1) is 25.1. The van der Waals surface area contributed by atoms with Gasteiger partial charge in [0.2, 0.25) is 0 Å². The summed E-state index contributed by atoms with van der Waals surface area (Å²) in [6.45, 7) is 6.22. The number of carbonyl (C=O) groups excluding carboxylic acids is 1. The molecule has 3 nitrogen and oxygen atoms in total. The number of aryl methyl sites for hydroxylation is 3. The Kier molecular flexibility index (Phi) is 9.02. The van der Waals surface area contributed by atoms with Crippen molar-refractivity contribution in [1.82, 2.24) is 5.32 Å². The van der Waals surface area contributed by atoms with Gasteiger partial charge in [-0.2, -0.15) is 13.2 Å². The van der Waals surface area contributed by atoms with Crippen molar-refractivity contribution in [3.63, 3.8) is 0 Å². The van der Waals surface area contributed by atoms with Gasteiger partial charge >= 0.3 is 6.18 Å². The molecule has 3 rings (SSSR count). The molecule has 0 spiro atoms. The molecule has 1 atom stereocenters. The van der Waals surface area contributed by atoms with Crippen molar-refractivity contribution in [2.24, 2.45) is 0 Å². The summed E-state index contributed by atoms with van der Waals surface area (Å²) in [7, 11) is 1.91. The predicted molar refractivity (Wildman–Crippen MR) is 122 cm³/mol. The molecule has 1 heterocycles. The first-order valence-electron chi connectivity index (χ1n) is 10.2. The van der Waals surface area contributed by atoms with E-state index in [1.807, 2.05) is 19.2 Å². The van der Waals surface area contributed by atoms with Gasteiger partial charge in [-0.25, -0.2) is 0 Å². The zero-order chi connectivity index (χ0) is 23.7. The van der Waals surface area contributed by atoms with Gasteiger partial charge < -0.3 is 9.73 Å². The van der Waals surface area contributed by atoms with Crippen LogP contribution in [0.25, 0.3) is 6.08 Å². The third kappa shape index (κ3) is 7.54. The number of furan rings is 1. The van der Waals surface area contributed by atoms with Crippen LogP contribution < -0.4 is 5.32 Å². The molecule has 3 aromatic rings. The minimum atomic E-state index is -4.37. The first-order chi connectivity index (χ1) is 15.1. The minimum absolute atomic E-state index is 0.234. The number of benzene rings is 2. The summed E-state index contributed by atoms with van der Waals surface area (Å²) in [6, 6.07) is 11.9. The second kappa shape index (κ2) is 11.5. The van der Waals surface area contributed by atoms with Gasteiger partial charge in [0.25, 0.3) is 0 Å². The Labute approximate surface area is 187 Å². The van der Waals surface area contributed by atoms with Gasteiger partial charge in [-0.3, -0.25) is 4.79 Å². The minimum Gasteiger partial charge on any atom is -0.472 e. The molecule has 0 aliphatic rings. The van der Waals surface area contributed by atoms with Gasteiger partial charge in [-0.1, -0.05) is 59.7 Å². The summed E-state index contributed by atoms with van der Waals surface area (Å²) in [6.07, 6.45) is 2.40. The van der Waals surface area contributed by atoms with E-state index in [-0.39, 0.29) is 5.56 Å². The van der Waals surface area contributed by atoms with Crippen molar-refractivity contribution < 1.29 is 22.4 Å². The highest BCUT2D eigenvalue weighted by atomic mass is 19.4. The van der Waals surface area contributed by atoms with Crippen LogP contribution >= 0.6 is 0 Å². The van der Waals surface area contributed by atoms with Crippen molar-refractivity contribution in [2.75, 3.05) is 7.05 Å². The van der Waals surface area contributed by atoms with Gasteiger partial charge in [0, 0.05) is 17.7 Å². The zero-order valence-electron chi connectivity index (χ0n) is 18.7. The molecule has 0 amide bonds. The Hall–Kier alpha value is -3.12. The third-order valence-electron chi connectivity index (χ3n) is 4.82. The lowest BCUT2D eigenvalue weighted by molar-refractivity contribution is -0.139. The van der Waals surface area contributed by atoms with E-state index < -0.39 is 12.1 Å². The fraction of sp³-hybridized carbons (Fsp3) is 0.269. The number of hydrogen-bond acceptors (Lipinski definition) is 3. The highest BCUT2D eigenvalue weighted by molar-refractivity contribution is 5.78. The van der Waals surface area contributed by atoms with Gasteiger partial charge in [-0.05, 0) is 50.6 Å². The van der Waals surface area contributed by atoms with Gasteiger partial charge in [0.15, 0.2) is 0 Å². The van der Waals surface area contributed by atoms with Gasteiger partial charge in [0.05, 0.1) is 18.4 Å². The highest BCUT2D eigenvalue weighted by Gasteiger charge is 2.39. The largest absolute Gasteiger partial charge is 0.472 e. The maximum Gasteiger partial charge on any atom is 0.399 e. The van der Waals surface area contributed by atoms with Crippen LogP contribution in [0.2, 0.25) is 0 Å². The van der Waals surface area contributed by atoms with Crippen LogP contribution in [0.4, 0.5) is 13.2 Å². The molecule has 170 valence electrons. The average molecular weight is 444 g/mol. The smallest absolute Gasteiger partial charge is 0.399 e. The van der Waals surface area contributed by atoms with Crippen LogP contribution in [0.3, 0.4) is 0 Å². The molecule has 1 N–H and O–H groups in total. The fourth-order valence-corrected chi connectivity index (χ4v) is 3.34. The monoisotopic (exact) mass is 443 g/mol. The predicted octanol–water partition coefficient (Wildman–Crippen LogP) is 6.78. The molecule has 0 aliphatic heterocycles. The Morgan fingerprint density at radius 2 is 1.72 bits per heavy atom. The molecule has 6 heteroatoms. The van der Waals surface area contributed by atoms with E-state index in [1.54, 1.807) is 63.6 Å². The number of alkyl halides is 3. The van der Waals surface area contributed by atoms with Crippen molar-refractivity contribution in [2.45, 2.75) is 39.4 Å². The van der Waals surface area contributed by atoms with Crippen LogP contribution in [0.1, 0.15) is 49.7 Å². The maximum absolute atomic E-state index is 13.5. The lowest BCUT2D eigenvalue weighted by atomic mass is 9.93. The van der Waals surface area contributed by atoms with Crippen LogP contribution in [-0.4, -0.2) is 19.5 Å². The summed E-state index contributed by atoms with van der Waals surface area (Å²) >= 11 is 0. The number of aldehydes is 1. The number of carbonyl (C=O) groups is 1. The first-order valence-corrected chi connectivity index (χ1v) is 10.2. The highest BCUT2D eigenvalue weighted by Crippen LogP contribution is 2.37. The number of halogens is 3. The number of hydrogen-bond donors (Lipinski definition) is 1. The van der Waals surface area contributed by atoms with Crippen molar-refractivity contribution in [1.29, 1.82) is 0 Å². The molecule has 32 heavy (non-hydrogen) atoms. The molecular weight excluding hydrogens is 415 g/mol. The lowest BCUT2D eigenvalue weighted by Gasteiger charge is -2.18. The van der Waals surface area contributed by atoms with E-state index in [9.17, 15) is 18.0 Å². The Morgan fingerprint density at radius 1 is 1.03 bits per heavy atom. The lowest BCUT2D eigenvalue weighted by Crippen LogP contribution is -2.19. The van der Waals surface area contributed by atoms with E-state index in [2.05, 4.69) is 5.32 Å². The fourth-order valence-electron chi connectivity index (χ4n) is 3.34. The molecule has 1 aromatic heterocycles. The van der Waals surface area contributed by atoms with E-state index in [4.69, 9.17) is 4.42 Å². The number of rotatable bonds is 6. The van der Waals surface area contributed by atoms with Crippen molar-refractivity contribution in [3.05, 3.63) is 100 Å². The Morgan fingerprint density at radius 3 is 2.22 bits per heavy atom. The standard InChI is InChI=1S/C20H19F3O.C6H9NO/c1-13-8-14(2)10-18(9-13)19(20(21,22)23)7-5-16-4-6-17(12-24)15(3)11-16;1-7-4-6-2-3-8-5-6/h4-12,19H,1-3H3;2-3,5,7H,4H2,1H3/b7-5+;. The molecule has 1 unspecified atom stereocenters. The molecule has 2 aromatic carbocycles. The maximum atomic E-state index is 13.5. The molecule has 0 bridgehead atoms. The van der Waals surface area contributed by atoms with E-state index in [0.717, 1.165) is 29.5 Å². The Bertz CT molecular complexity index is 1020. The summed E-state index contributed by atoms with van der Waals surface area (Å²) in [5, 5.41) is 3.01. The molecule has 0 saturated carbocycles. The Balaban J connectivity index is 0.000000380. The van der Waals surface area contributed by atoms with Crippen LogP contribution in [0, 0.1) is 20.8 Å². The molecular formula is C26H28F3NO2. The average Bonchev–Trinajstić information content (AvgIpc) is 3.21. The van der Waals surface area contributed by atoms with Crippen LogP contribution in [0.5, 0.6) is 0 Å². The summed E-state index contributed by atoms with van der Waals surface area (Å²) in [5.74, 6) is -1.66. The van der Waals surface area contributed by atoms with E-state index in [1.165, 1.54) is 17.7 Å². The van der Waals surface area contributed by atoms with Crippen molar-refractivity contribution in [3.8, 4) is 0 Å². The molecule has 0 fully saturated rings. The second-order valence-corrected chi connectivity index (χ2v) is 7.70. The normalized spacial score (nSPS) is 12.3. The summed E-state index contributed by atoms with van der Waals surface area (Å²) < 4.78 is 45.2. The second-order valence-electron chi connectivity index (χ2n) is 7.70. The van der Waals surface area contributed by atoms with Gasteiger partial charge in [-0.15, -0.1) is 0 Å². The van der Waals surface area contributed by atoms with Gasteiger partial charge in [0.1, 0.15) is 6.29 Å². The summed E-state index contributed by atoms with van der Waals surface area (Å²) in [4.78, 5) is 10.8. The molecule has 0 aliphatic carbocycles. The number of allylic oxidation sites excluding steroid dienone is 1. The van der Waals surface area contributed by atoms with Crippen LogP contribution in [0.15, 0.2) is 65.5 Å². The summed E-state index contributed by atoms with van der Waals surface area (Å²) in [5.41, 5.74) is 4.94. The quantitative estimate of drug-likeness (QED) is 0.427. The van der Waals surface area contributed by atoms with Crippen molar-refractivity contribution >= 4 is 12.4 Å². The SMILES string of the molecule is CNCc1ccoc1.Cc1cc(C)cc(C(/C=C/c2ccc(C=O)c(C)c2)C(F)(F)F)c1.